The van der Waals surface area contributed by atoms with Crippen molar-refractivity contribution in [2.75, 3.05) is 0 Å². The van der Waals surface area contributed by atoms with Gasteiger partial charge in [-0.1, -0.05) is 29.8 Å². The highest BCUT2D eigenvalue weighted by Crippen LogP contribution is 2.17. The van der Waals surface area contributed by atoms with Crippen LogP contribution < -0.4 is 5.32 Å². The number of aryl methyl sites for hydroxylation is 3. The van der Waals surface area contributed by atoms with Crippen molar-refractivity contribution in [2.45, 2.75) is 46.2 Å². The van der Waals surface area contributed by atoms with E-state index in [2.05, 4.69) is 50.4 Å². The molecule has 1 heteroatoms. The molecule has 16 heavy (non-hydrogen) atoms. The van der Waals surface area contributed by atoms with Crippen LogP contribution in [0.5, 0.6) is 0 Å². The second-order valence-electron chi connectivity index (χ2n) is 4.90. The molecule has 0 radical (unpaired) electrons. The molecule has 2 rings (SSSR count). The first-order chi connectivity index (χ1) is 7.66. The molecule has 0 heterocycles. The minimum absolute atomic E-state index is 0.653. The van der Waals surface area contributed by atoms with Crippen molar-refractivity contribution >= 4 is 0 Å². The molecule has 0 saturated heterocycles. The summed E-state index contributed by atoms with van der Waals surface area (Å²) in [6, 6.07) is 5.20. The quantitative estimate of drug-likeness (QED) is 0.762. The highest BCUT2D eigenvalue weighted by atomic mass is 14.9. The Balaban J connectivity index is 2.03. The van der Waals surface area contributed by atoms with Gasteiger partial charge in [0.05, 0.1) is 0 Å². The normalized spacial score (nSPS) is 15.9. The summed E-state index contributed by atoms with van der Waals surface area (Å²) in [4.78, 5) is 0. The number of hydrogen-bond donors (Lipinski definition) is 1. The smallest absolute Gasteiger partial charge is 0.0213 e. The lowest BCUT2D eigenvalue weighted by atomic mass is 9.99. The average Bonchev–Trinajstić information content (AvgIpc) is 2.68. The van der Waals surface area contributed by atoms with Crippen LogP contribution in [0.3, 0.4) is 0 Å². The number of benzene rings is 1. The molecule has 1 nitrogen and oxygen atoms in total. The lowest BCUT2D eigenvalue weighted by molar-refractivity contribution is 0.536. The SMILES string of the molecule is Cc1cc(C)c(CNC2CC=CC2)c(C)c1. The Labute approximate surface area is 98.6 Å². The maximum Gasteiger partial charge on any atom is 0.0213 e. The van der Waals surface area contributed by atoms with Gasteiger partial charge in [-0.05, 0) is 50.3 Å². The van der Waals surface area contributed by atoms with Gasteiger partial charge in [-0.15, -0.1) is 0 Å². The van der Waals surface area contributed by atoms with Gasteiger partial charge in [0.1, 0.15) is 0 Å². The number of nitrogens with one attached hydrogen (secondary N) is 1. The van der Waals surface area contributed by atoms with E-state index in [0.29, 0.717) is 6.04 Å². The van der Waals surface area contributed by atoms with Crippen LogP contribution in [0.25, 0.3) is 0 Å². The lowest BCUT2D eigenvalue weighted by Gasteiger charge is -2.16. The molecule has 0 atom stereocenters. The average molecular weight is 215 g/mol. The summed E-state index contributed by atoms with van der Waals surface area (Å²) in [6.45, 7) is 7.59. The third-order valence-electron chi connectivity index (χ3n) is 3.42. The monoisotopic (exact) mass is 215 g/mol. The maximum absolute atomic E-state index is 3.64. The van der Waals surface area contributed by atoms with Crippen LogP contribution in [0.4, 0.5) is 0 Å². The van der Waals surface area contributed by atoms with E-state index in [1.807, 2.05) is 0 Å². The second kappa shape index (κ2) is 4.84. The molecule has 0 spiro atoms. The van der Waals surface area contributed by atoms with E-state index in [9.17, 15) is 0 Å². The van der Waals surface area contributed by atoms with Crippen molar-refractivity contribution in [3.63, 3.8) is 0 Å². The van der Waals surface area contributed by atoms with Gasteiger partial charge in [0, 0.05) is 12.6 Å². The summed E-state index contributed by atoms with van der Waals surface area (Å²) >= 11 is 0. The minimum atomic E-state index is 0.653. The fourth-order valence-corrected chi connectivity index (χ4v) is 2.52. The van der Waals surface area contributed by atoms with E-state index in [1.165, 1.54) is 35.1 Å². The van der Waals surface area contributed by atoms with Gasteiger partial charge in [0.15, 0.2) is 0 Å². The topological polar surface area (TPSA) is 12.0 Å². The highest BCUT2D eigenvalue weighted by molar-refractivity contribution is 5.37. The van der Waals surface area contributed by atoms with Gasteiger partial charge >= 0.3 is 0 Å². The molecule has 1 N–H and O–H groups in total. The van der Waals surface area contributed by atoms with Gasteiger partial charge in [-0.3, -0.25) is 0 Å². The van der Waals surface area contributed by atoms with Gasteiger partial charge in [-0.2, -0.15) is 0 Å². The summed E-state index contributed by atoms with van der Waals surface area (Å²) in [5.74, 6) is 0. The van der Waals surface area contributed by atoms with Gasteiger partial charge in [0.25, 0.3) is 0 Å². The molecule has 0 unspecified atom stereocenters. The summed E-state index contributed by atoms with van der Waals surface area (Å²) in [7, 11) is 0. The molecule has 0 bridgehead atoms. The summed E-state index contributed by atoms with van der Waals surface area (Å²) in [6.07, 6.45) is 6.91. The largest absolute Gasteiger partial charge is 0.309 e. The van der Waals surface area contributed by atoms with Gasteiger partial charge in [0.2, 0.25) is 0 Å². The van der Waals surface area contributed by atoms with E-state index in [1.54, 1.807) is 0 Å². The molecule has 0 saturated carbocycles. The molecule has 0 fully saturated rings. The predicted octanol–water partition coefficient (Wildman–Crippen LogP) is 3.42. The van der Waals surface area contributed by atoms with E-state index >= 15 is 0 Å². The Hall–Kier alpha value is -1.08. The number of rotatable bonds is 3. The molecule has 1 aromatic carbocycles. The van der Waals surface area contributed by atoms with Crippen LogP contribution in [0.15, 0.2) is 24.3 Å². The zero-order chi connectivity index (χ0) is 11.5. The predicted molar refractivity (Wildman–Crippen MR) is 69.7 cm³/mol. The van der Waals surface area contributed by atoms with Gasteiger partial charge in [-0.25, -0.2) is 0 Å². The van der Waals surface area contributed by atoms with Crippen LogP contribution in [0.1, 0.15) is 35.1 Å². The Morgan fingerprint density at radius 1 is 1.06 bits per heavy atom. The Morgan fingerprint density at radius 2 is 1.62 bits per heavy atom. The van der Waals surface area contributed by atoms with Crippen LogP contribution in [-0.4, -0.2) is 6.04 Å². The van der Waals surface area contributed by atoms with E-state index in [0.717, 1.165) is 6.54 Å². The first-order valence-corrected chi connectivity index (χ1v) is 6.12. The van der Waals surface area contributed by atoms with Crippen LogP contribution in [0, 0.1) is 20.8 Å². The fraction of sp³-hybridized carbons (Fsp3) is 0.467. The van der Waals surface area contributed by atoms with Crippen molar-refractivity contribution in [1.29, 1.82) is 0 Å². The maximum atomic E-state index is 3.64. The van der Waals surface area contributed by atoms with Crippen molar-refractivity contribution in [2.24, 2.45) is 0 Å². The van der Waals surface area contributed by atoms with Crippen molar-refractivity contribution in [3.05, 3.63) is 46.5 Å². The zero-order valence-electron chi connectivity index (χ0n) is 10.5. The highest BCUT2D eigenvalue weighted by Gasteiger charge is 2.10. The van der Waals surface area contributed by atoms with Gasteiger partial charge < -0.3 is 5.32 Å². The van der Waals surface area contributed by atoms with Crippen LogP contribution in [0.2, 0.25) is 0 Å². The Morgan fingerprint density at radius 3 is 2.19 bits per heavy atom. The first kappa shape index (κ1) is 11.4. The number of hydrogen-bond acceptors (Lipinski definition) is 1. The fourth-order valence-electron chi connectivity index (χ4n) is 2.52. The van der Waals surface area contributed by atoms with Crippen molar-refractivity contribution in [1.82, 2.24) is 5.32 Å². The molecule has 0 amide bonds. The van der Waals surface area contributed by atoms with E-state index in [-0.39, 0.29) is 0 Å². The van der Waals surface area contributed by atoms with Crippen LogP contribution in [-0.2, 0) is 6.54 Å². The molecule has 1 aliphatic rings. The third-order valence-corrected chi connectivity index (χ3v) is 3.42. The molecular formula is C15H21N. The van der Waals surface area contributed by atoms with Crippen molar-refractivity contribution in [3.8, 4) is 0 Å². The summed E-state index contributed by atoms with van der Waals surface area (Å²) in [5, 5.41) is 3.64. The third kappa shape index (κ3) is 2.53. The summed E-state index contributed by atoms with van der Waals surface area (Å²) < 4.78 is 0. The van der Waals surface area contributed by atoms with Crippen molar-refractivity contribution < 1.29 is 0 Å². The molecule has 1 aromatic rings. The molecule has 0 aromatic heterocycles. The molecule has 0 aliphatic heterocycles. The standard InChI is InChI=1S/C15H21N/c1-11-8-12(2)15(13(3)9-11)10-16-14-6-4-5-7-14/h4-5,8-9,14,16H,6-7,10H2,1-3H3. The Kier molecular flexibility index (Phi) is 3.45. The molecular weight excluding hydrogens is 194 g/mol. The molecule has 1 aliphatic carbocycles. The first-order valence-electron chi connectivity index (χ1n) is 6.12. The lowest BCUT2D eigenvalue weighted by Crippen LogP contribution is -2.26. The second-order valence-corrected chi connectivity index (χ2v) is 4.90. The summed E-state index contributed by atoms with van der Waals surface area (Å²) in [5.41, 5.74) is 5.66. The molecule has 86 valence electrons. The minimum Gasteiger partial charge on any atom is -0.309 e. The van der Waals surface area contributed by atoms with E-state index in [4.69, 9.17) is 0 Å². The van der Waals surface area contributed by atoms with E-state index < -0.39 is 0 Å². The van der Waals surface area contributed by atoms with Crippen LogP contribution >= 0.6 is 0 Å². The Bertz CT molecular complexity index is 373. The zero-order valence-corrected chi connectivity index (χ0v) is 10.5.